The predicted molar refractivity (Wildman–Crippen MR) is 82.3 cm³/mol. The molecule has 1 heterocycles. The Bertz CT molecular complexity index is 750. The summed E-state index contributed by atoms with van der Waals surface area (Å²) in [6.07, 6.45) is 0. The van der Waals surface area contributed by atoms with Gasteiger partial charge in [-0.3, -0.25) is 4.57 Å². The van der Waals surface area contributed by atoms with Crippen LogP contribution in [0.2, 0.25) is 0 Å². The first kappa shape index (κ1) is 13.9. The van der Waals surface area contributed by atoms with Crippen LogP contribution in [0.15, 0.2) is 53.0 Å². The summed E-state index contributed by atoms with van der Waals surface area (Å²) < 4.78 is 16.1. The van der Waals surface area contributed by atoms with Gasteiger partial charge in [0.1, 0.15) is 5.82 Å². The van der Waals surface area contributed by atoms with E-state index in [0.29, 0.717) is 21.7 Å². The smallest absolute Gasteiger partial charge is 0.168 e. The molecule has 4 nitrogen and oxygen atoms in total. The number of halogens is 2. The maximum atomic E-state index is 13.6. The standard InChI is InChI=1S/C15H12BrFN4/c16-11-6-10(7-12(17)8-11)15-20-19-14(9-18)21(15)13-4-2-1-3-5-13/h1-8H,9,18H2. The fourth-order valence-electron chi connectivity index (χ4n) is 2.17. The SMILES string of the molecule is NCc1nnc(-c2cc(F)cc(Br)c2)n1-c1ccccc1. The average Bonchev–Trinajstić information content (AvgIpc) is 2.91. The third-order valence-corrected chi connectivity index (χ3v) is 3.51. The van der Waals surface area contributed by atoms with Gasteiger partial charge in [-0.2, -0.15) is 0 Å². The van der Waals surface area contributed by atoms with E-state index in [0.717, 1.165) is 5.69 Å². The second-order valence-corrected chi connectivity index (χ2v) is 5.39. The Morgan fingerprint density at radius 1 is 1.10 bits per heavy atom. The zero-order valence-corrected chi connectivity index (χ0v) is 12.6. The third kappa shape index (κ3) is 2.72. The Labute approximate surface area is 129 Å². The quantitative estimate of drug-likeness (QED) is 0.791. The maximum Gasteiger partial charge on any atom is 0.168 e. The average molecular weight is 347 g/mol. The lowest BCUT2D eigenvalue weighted by Gasteiger charge is -2.10. The molecule has 0 radical (unpaired) electrons. The summed E-state index contributed by atoms with van der Waals surface area (Å²) in [4.78, 5) is 0. The third-order valence-electron chi connectivity index (χ3n) is 3.05. The van der Waals surface area contributed by atoms with E-state index >= 15 is 0 Å². The molecule has 6 heteroatoms. The fourth-order valence-corrected chi connectivity index (χ4v) is 2.63. The van der Waals surface area contributed by atoms with Crippen molar-refractivity contribution in [2.45, 2.75) is 6.54 Å². The number of nitrogens with zero attached hydrogens (tertiary/aromatic N) is 3. The zero-order chi connectivity index (χ0) is 14.8. The lowest BCUT2D eigenvalue weighted by atomic mass is 10.2. The van der Waals surface area contributed by atoms with Gasteiger partial charge >= 0.3 is 0 Å². The van der Waals surface area contributed by atoms with Crippen molar-refractivity contribution < 1.29 is 4.39 Å². The summed E-state index contributed by atoms with van der Waals surface area (Å²) in [7, 11) is 0. The molecule has 0 saturated heterocycles. The van der Waals surface area contributed by atoms with Crippen molar-refractivity contribution in [3.8, 4) is 17.1 Å². The minimum absolute atomic E-state index is 0.248. The Kier molecular flexibility index (Phi) is 3.81. The summed E-state index contributed by atoms with van der Waals surface area (Å²) >= 11 is 3.29. The van der Waals surface area contributed by atoms with Crippen molar-refractivity contribution >= 4 is 15.9 Å². The van der Waals surface area contributed by atoms with E-state index in [1.807, 2.05) is 34.9 Å². The molecule has 0 aliphatic heterocycles. The number of hydrogen-bond donors (Lipinski definition) is 1. The maximum absolute atomic E-state index is 13.6. The van der Waals surface area contributed by atoms with Crippen LogP contribution in [0, 0.1) is 5.82 Å². The highest BCUT2D eigenvalue weighted by Crippen LogP contribution is 2.26. The zero-order valence-electron chi connectivity index (χ0n) is 11.0. The molecule has 3 rings (SSSR count). The van der Waals surface area contributed by atoms with Crippen molar-refractivity contribution in [3.63, 3.8) is 0 Å². The first-order valence-corrected chi connectivity index (χ1v) is 7.14. The molecule has 3 aromatic rings. The second-order valence-electron chi connectivity index (χ2n) is 4.47. The Morgan fingerprint density at radius 3 is 2.52 bits per heavy atom. The highest BCUT2D eigenvalue weighted by Gasteiger charge is 2.15. The topological polar surface area (TPSA) is 56.7 Å². The summed E-state index contributed by atoms with van der Waals surface area (Å²) in [6, 6.07) is 14.2. The van der Waals surface area contributed by atoms with Crippen LogP contribution in [0.5, 0.6) is 0 Å². The van der Waals surface area contributed by atoms with E-state index in [1.165, 1.54) is 12.1 Å². The van der Waals surface area contributed by atoms with Crippen molar-refractivity contribution in [3.05, 3.63) is 64.6 Å². The van der Waals surface area contributed by atoms with Crippen LogP contribution >= 0.6 is 15.9 Å². The summed E-state index contributed by atoms with van der Waals surface area (Å²) in [5, 5.41) is 8.26. The molecular weight excluding hydrogens is 335 g/mol. The Balaban J connectivity index is 2.22. The van der Waals surface area contributed by atoms with Crippen LogP contribution in [0.1, 0.15) is 5.82 Å². The molecule has 0 bridgehead atoms. The molecular formula is C15H12BrFN4. The van der Waals surface area contributed by atoms with E-state index < -0.39 is 0 Å². The molecule has 106 valence electrons. The molecule has 0 fully saturated rings. The lowest BCUT2D eigenvalue weighted by Crippen LogP contribution is -2.07. The molecule has 0 spiro atoms. The summed E-state index contributed by atoms with van der Waals surface area (Å²) in [6.45, 7) is 0.248. The van der Waals surface area contributed by atoms with Gasteiger partial charge in [0.2, 0.25) is 0 Å². The minimum Gasteiger partial charge on any atom is -0.324 e. The molecule has 0 amide bonds. The molecule has 0 saturated carbocycles. The Morgan fingerprint density at radius 2 is 1.86 bits per heavy atom. The first-order chi connectivity index (χ1) is 10.2. The monoisotopic (exact) mass is 346 g/mol. The largest absolute Gasteiger partial charge is 0.324 e. The number of benzene rings is 2. The van der Waals surface area contributed by atoms with Gasteiger partial charge < -0.3 is 5.73 Å². The van der Waals surface area contributed by atoms with E-state index in [-0.39, 0.29) is 12.4 Å². The van der Waals surface area contributed by atoms with Crippen LogP contribution < -0.4 is 5.73 Å². The van der Waals surface area contributed by atoms with Crippen molar-refractivity contribution in [1.29, 1.82) is 0 Å². The highest BCUT2D eigenvalue weighted by molar-refractivity contribution is 9.10. The van der Waals surface area contributed by atoms with E-state index in [4.69, 9.17) is 5.73 Å². The molecule has 0 unspecified atom stereocenters. The Hall–Kier alpha value is -2.05. The summed E-state index contributed by atoms with van der Waals surface area (Å²) in [5.41, 5.74) is 7.26. The van der Waals surface area contributed by atoms with E-state index in [2.05, 4.69) is 26.1 Å². The van der Waals surface area contributed by atoms with Crippen LogP contribution in [0.3, 0.4) is 0 Å². The van der Waals surface area contributed by atoms with Crippen LogP contribution in [0.4, 0.5) is 4.39 Å². The highest BCUT2D eigenvalue weighted by atomic mass is 79.9. The van der Waals surface area contributed by atoms with Gasteiger partial charge in [-0.15, -0.1) is 10.2 Å². The molecule has 21 heavy (non-hydrogen) atoms. The second kappa shape index (κ2) is 5.75. The van der Waals surface area contributed by atoms with Gasteiger partial charge in [0.25, 0.3) is 0 Å². The van der Waals surface area contributed by atoms with E-state index in [9.17, 15) is 4.39 Å². The first-order valence-electron chi connectivity index (χ1n) is 6.35. The van der Waals surface area contributed by atoms with Gasteiger partial charge in [-0.25, -0.2) is 4.39 Å². The molecule has 1 aromatic heterocycles. The molecule has 0 atom stereocenters. The van der Waals surface area contributed by atoms with Crippen molar-refractivity contribution in [2.24, 2.45) is 5.73 Å². The predicted octanol–water partition coefficient (Wildman–Crippen LogP) is 3.29. The molecule has 2 N–H and O–H groups in total. The number of rotatable bonds is 3. The number of nitrogens with two attached hydrogens (primary N) is 1. The number of para-hydroxylation sites is 1. The van der Waals surface area contributed by atoms with Crippen molar-refractivity contribution in [2.75, 3.05) is 0 Å². The van der Waals surface area contributed by atoms with Gasteiger partial charge in [0.15, 0.2) is 11.6 Å². The summed E-state index contributed by atoms with van der Waals surface area (Å²) in [5.74, 6) is 0.842. The van der Waals surface area contributed by atoms with Crippen molar-refractivity contribution in [1.82, 2.24) is 14.8 Å². The van der Waals surface area contributed by atoms with Gasteiger partial charge in [0, 0.05) is 15.7 Å². The lowest BCUT2D eigenvalue weighted by molar-refractivity contribution is 0.627. The molecule has 0 aliphatic rings. The van der Waals surface area contributed by atoms with Gasteiger partial charge in [-0.1, -0.05) is 34.1 Å². The van der Waals surface area contributed by atoms with Crippen LogP contribution in [0.25, 0.3) is 17.1 Å². The number of hydrogen-bond acceptors (Lipinski definition) is 3. The van der Waals surface area contributed by atoms with E-state index in [1.54, 1.807) is 6.07 Å². The minimum atomic E-state index is -0.337. The number of aromatic nitrogens is 3. The normalized spacial score (nSPS) is 10.8. The molecule has 0 aliphatic carbocycles. The fraction of sp³-hybridized carbons (Fsp3) is 0.0667. The van der Waals surface area contributed by atoms with Gasteiger partial charge in [-0.05, 0) is 30.3 Å². The van der Waals surface area contributed by atoms with Crippen LogP contribution in [-0.4, -0.2) is 14.8 Å². The van der Waals surface area contributed by atoms with Gasteiger partial charge in [0.05, 0.1) is 6.54 Å². The van der Waals surface area contributed by atoms with Crippen LogP contribution in [-0.2, 0) is 6.54 Å². The molecule has 2 aromatic carbocycles.